The van der Waals surface area contributed by atoms with Gasteiger partial charge in [0.25, 0.3) is 5.91 Å². The number of nitrogens with zero attached hydrogens (tertiary/aromatic N) is 3. The lowest BCUT2D eigenvalue weighted by Gasteiger charge is -2.13. The Kier molecular flexibility index (Phi) is 6.79. The minimum Gasteiger partial charge on any atom is -0.484 e. The predicted molar refractivity (Wildman–Crippen MR) is 130 cm³/mol. The van der Waals surface area contributed by atoms with Crippen molar-refractivity contribution >= 4 is 40.2 Å². The first kappa shape index (κ1) is 23.3. The van der Waals surface area contributed by atoms with Crippen molar-refractivity contribution in [2.24, 2.45) is 0 Å². The summed E-state index contributed by atoms with van der Waals surface area (Å²) >= 11 is 6.20. The molecule has 0 saturated heterocycles. The molecule has 4 aromatic rings. The Bertz CT molecular complexity index is 1360. The van der Waals surface area contributed by atoms with Crippen LogP contribution >= 0.6 is 11.6 Å². The van der Waals surface area contributed by atoms with E-state index in [2.05, 4.69) is 15.4 Å². The number of carbonyl (C=O) groups excluding carboxylic acids is 2. The summed E-state index contributed by atoms with van der Waals surface area (Å²) in [5, 5.41) is 8.62. The molecule has 4 rings (SSSR count). The second-order valence-electron chi connectivity index (χ2n) is 7.61. The molecule has 8 nitrogen and oxygen atoms in total. The van der Waals surface area contributed by atoms with Gasteiger partial charge in [-0.15, -0.1) is 0 Å². The highest BCUT2D eigenvalue weighted by molar-refractivity contribution is 6.32. The molecule has 0 unspecified atom stereocenters. The van der Waals surface area contributed by atoms with Crippen LogP contribution < -0.4 is 10.1 Å². The third kappa shape index (κ3) is 4.87. The van der Waals surface area contributed by atoms with Gasteiger partial charge in [-0.05, 0) is 62.2 Å². The monoisotopic (exact) mass is 478 g/mol. The highest BCUT2D eigenvalue weighted by Crippen LogP contribution is 2.26. The van der Waals surface area contributed by atoms with Crippen LogP contribution in [-0.2, 0) is 9.53 Å². The topological polar surface area (TPSA) is 95.3 Å². The van der Waals surface area contributed by atoms with Gasteiger partial charge >= 0.3 is 5.97 Å². The summed E-state index contributed by atoms with van der Waals surface area (Å²) in [5.74, 6) is 0.0330. The zero-order valence-electron chi connectivity index (χ0n) is 19.0. The van der Waals surface area contributed by atoms with Crippen molar-refractivity contribution < 1.29 is 19.1 Å². The highest BCUT2D eigenvalue weighted by Gasteiger charge is 2.22. The molecule has 0 bridgehead atoms. The molecule has 2 heterocycles. The van der Waals surface area contributed by atoms with Crippen LogP contribution in [0.5, 0.6) is 5.75 Å². The van der Waals surface area contributed by atoms with Gasteiger partial charge in [-0.1, -0.05) is 29.8 Å². The maximum atomic E-state index is 12.8. The molecule has 0 fully saturated rings. The Labute approximate surface area is 201 Å². The minimum atomic E-state index is -0.602. The Balaban J connectivity index is 1.61. The first-order chi connectivity index (χ1) is 16.4. The average Bonchev–Trinajstić information content (AvgIpc) is 3.24. The van der Waals surface area contributed by atoms with Crippen molar-refractivity contribution in [3.63, 3.8) is 0 Å². The SMILES string of the molecule is CCOC(=O)c1cnn(-c2ccc3ccccc3n2)c1NC(=O)COc1cc(C)c(Cl)c(C)c1. The molecule has 2 aromatic carbocycles. The normalized spacial score (nSPS) is 10.8. The summed E-state index contributed by atoms with van der Waals surface area (Å²) in [7, 11) is 0. The molecule has 0 aliphatic heterocycles. The third-order valence-electron chi connectivity index (χ3n) is 5.10. The number of rotatable bonds is 7. The summed E-state index contributed by atoms with van der Waals surface area (Å²) in [6.07, 6.45) is 1.34. The number of ether oxygens (including phenoxy) is 2. The van der Waals surface area contributed by atoms with Gasteiger partial charge in [0, 0.05) is 10.4 Å². The van der Waals surface area contributed by atoms with Crippen LogP contribution in [0.15, 0.2) is 54.7 Å². The number of nitrogens with one attached hydrogen (secondary N) is 1. The van der Waals surface area contributed by atoms with Gasteiger partial charge in [-0.25, -0.2) is 9.78 Å². The van der Waals surface area contributed by atoms with Crippen molar-refractivity contribution in [1.29, 1.82) is 0 Å². The van der Waals surface area contributed by atoms with Crippen LogP contribution in [-0.4, -0.2) is 39.9 Å². The lowest BCUT2D eigenvalue weighted by atomic mass is 10.1. The summed E-state index contributed by atoms with van der Waals surface area (Å²) in [4.78, 5) is 29.9. The Hall–Kier alpha value is -3.91. The number of hydrogen-bond donors (Lipinski definition) is 1. The van der Waals surface area contributed by atoms with E-state index in [-0.39, 0.29) is 24.6 Å². The average molecular weight is 479 g/mol. The predicted octanol–water partition coefficient (Wildman–Crippen LogP) is 4.88. The van der Waals surface area contributed by atoms with Gasteiger partial charge < -0.3 is 14.8 Å². The first-order valence-corrected chi connectivity index (χ1v) is 11.1. The van der Waals surface area contributed by atoms with E-state index in [0.717, 1.165) is 22.0 Å². The summed E-state index contributed by atoms with van der Waals surface area (Å²) in [6.45, 7) is 5.34. The molecule has 1 amide bonds. The second-order valence-corrected chi connectivity index (χ2v) is 7.99. The number of anilines is 1. The van der Waals surface area contributed by atoms with Gasteiger partial charge in [0.05, 0.1) is 18.3 Å². The lowest BCUT2D eigenvalue weighted by Crippen LogP contribution is -2.23. The molecular weight excluding hydrogens is 456 g/mol. The lowest BCUT2D eigenvalue weighted by molar-refractivity contribution is -0.118. The van der Waals surface area contributed by atoms with Crippen LogP contribution in [0.2, 0.25) is 5.02 Å². The number of amides is 1. The summed E-state index contributed by atoms with van der Waals surface area (Å²) < 4.78 is 12.2. The molecule has 9 heteroatoms. The first-order valence-electron chi connectivity index (χ1n) is 10.7. The van der Waals surface area contributed by atoms with Gasteiger partial charge in [-0.2, -0.15) is 9.78 Å². The standard InChI is InChI=1S/C25H23ClN4O4/c1-4-33-25(32)19-13-27-30(21-10-9-17-7-5-6-8-20(17)28-21)24(19)29-22(31)14-34-18-11-15(2)23(26)16(3)12-18/h5-13H,4,14H2,1-3H3,(H,29,31). The largest absolute Gasteiger partial charge is 0.484 e. The number of aromatic nitrogens is 3. The van der Waals surface area contributed by atoms with E-state index in [4.69, 9.17) is 21.1 Å². The molecule has 0 atom stereocenters. The number of pyridine rings is 1. The maximum absolute atomic E-state index is 12.8. The number of esters is 1. The van der Waals surface area contributed by atoms with Gasteiger partial charge in [0.15, 0.2) is 18.2 Å². The van der Waals surface area contributed by atoms with Crippen molar-refractivity contribution in [1.82, 2.24) is 14.8 Å². The van der Waals surface area contributed by atoms with E-state index in [9.17, 15) is 9.59 Å². The fourth-order valence-electron chi connectivity index (χ4n) is 3.48. The van der Waals surface area contributed by atoms with Crippen molar-refractivity contribution in [2.45, 2.75) is 20.8 Å². The molecule has 0 aliphatic carbocycles. The molecule has 0 spiro atoms. The Morgan fingerprint density at radius 3 is 2.56 bits per heavy atom. The molecule has 34 heavy (non-hydrogen) atoms. The molecule has 0 saturated carbocycles. The number of aryl methyl sites for hydroxylation is 2. The van der Waals surface area contributed by atoms with Crippen molar-refractivity contribution in [3.8, 4) is 11.6 Å². The number of fused-ring (bicyclic) bond motifs is 1. The van der Waals surface area contributed by atoms with Crippen LogP contribution in [0, 0.1) is 13.8 Å². The molecule has 0 radical (unpaired) electrons. The van der Waals surface area contributed by atoms with Crippen molar-refractivity contribution in [3.05, 3.63) is 76.4 Å². The highest BCUT2D eigenvalue weighted by atomic mass is 35.5. The second kappa shape index (κ2) is 9.93. The number of carbonyl (C=O) groups is 2. The summed E-state index contributed by atoms with van der Waals surface area (Å²) in [6, 6.07) is 14.8. The Morgan fingerprint density at radius 2 is 1.82 bits per heavy atom. The van der Waals surface area contributed by atoms with E-state index < -0.39 is 11.9 Å². The van der Waals surface area contributed by atoms with E-state index in [1.54, 1.807) is 25.1 Å². The molecule has 0 aliphatic rings. The maximum Gasteiger partial charge on any atom is 0.343 e. The Morgan fingerprint density at radius 1 is 1.09 bits per heavy atom. The molecule has 2 aromatic heterocycles. The van der Waals surface area contributed by atoms with Crippen LogP contribution in [0.4, 0.5) is 5.82 Å². The fraction of sp³-hybridized carbons (Fsp3) is 0.200. The molecule has 174 valence electrons. The van der Waals surface area contributed by atoms with Crippen LogP contribution in [0.25, 0.3) is 16.7 Å². The van der Waals surface area contributed by atoms with Gasteiger partial charge in [0.2, 0.25) is 0 Å². The number of hydrogen-bond acceptors (Lipinski definition) is 6. The summed E-state index contributed by atoms with van der Waals surface area (Å²) in [5.41, 5.74) is 2.56. The van der Waals surface area contributed by atoms with Crippen molar-refractivity contribution in [2.75, 3.05) is 18.5 Å². The third-order valence-corrected chi connectivity index (χ3v) is 5.70. The van der Waals surface area contributed by atoms with Crippen LogP contribution in [0.3, 0.4) is 0 Å². The van der Waals surface area contributed by atoms with E-state index >= 15 is 0 Å². The zero-order valence-corrected chi connectivity index (χ0v) is 19.7. The number of para-hydroxylation sites is 1. The van der Waals surface area contributed by atoms with E-state index in [0.29, 0.717) is 16.6 Å². The smallest absolute Gasteiger partial charge is 0.343 e. The number of benzene rings is 2. The number of halogens is 1. The van der Waals surface area contributed by atoms with Gasteiger partial charge in [0.1, 0.15) is 11.3 Å². The molecule has 1 N–H and O–H groups in total. The zero-order chi connectivity index (χ0) is 24.2. The van der Waals surface area contributed by atoms with Gasteiger partial charge in [-0.3, -0.25) is 4.79 Å². The fourth-order valence-corrected chi connectivity index (χ4v) is 3.59. The molecular formula is C25H23ClN4O4. The van der Waals surface area contributed by atoms with Crippen LogP contribution in [0.1, 0.15) is 28.4 Å². The van der Waals surface area contributed by atoms with E-state index in [1.165, 1.54) is 10.9 Å². The van der Waals surface area contributed by atoms with E-state index in [1.807, 2.05) is 44.2 Å². The quantitative estimate of drug-likeness (QED) is 0.380. The minimum absolute atomic E-state index is 0.114.